The van der Waals surface area contributed by atoms with Crippen LogP contribution in [-0.2, 0) is 11.3 Å². The van der Waals surface area contributed by atoms with Gasteiger partial charge in [-0.25, -0.2) is 0 Å². The quantitative estimate of drug-likeness (QED) is 0.867. The van der Waals surface area contributed by atoms with Gasteiger partial charge in [-0.2, -0.15) is 5.10 Å². The number of hydrogen-bond donors (Lipinski definition) is 1. The first-order chi connectivity index (χ1) is 8.65. The van der Waals surface area contributed by atoms with Gasteiger partial charge in [0, 0.05) is 7.11 Å². The molecule has 0 saturated carbocycles. The zero-order valence-corrected chi connectivity index (χ0v) is 12.8. The Morgan fingerprint density at radius 1 is 1.50 bits per heavy atom. The average molecular weight is 380 g/mol. The van der Waals surface area contributed by atoms with E-state index in [1.54, 1.807) is 24.1 Å². The third-order valence-electron chi connectivity index (χ3n) is 2.49. The van der Waals surface area contributed by atoms with E-state index in [9.17, 15) is 5.11 Å². The maximum atomic E-state index is 10.4. The van der Waals surface area contributed by atoms with Crippen molar-refractivity contribution in [1.29, 1.82) is 0 Å². The molecule has 1 atom stereocenters. The lowest BCUT2D eigenvalue weighted by Gasteiger charge is -2.12. The maximum Gasteiger partial charge on any atom is 0.155 e. The van der Waals surface area contributed by atoms with Crippen molar-refractivity contribution in [2.45, 2.75) is 12.6 Å². The molecule has 18 heavy (non-hydrogen) atoms. The standard InChI is InChI=1S/C11H12Br2N2O3/c1-17-5-3-15-9(8(13)6-14-15)10(16)11-7(12)2-4-18-11/h2,4,6,10,16H,3,5H2,1H3. The molecule has 2 rings (SSSR count). The molecule has 0 amide bonds. The maximum absolute atomic E-state index is 10.4. The fourth-order valence-corrected chi connectivity index (χ4v) is 2.56. The Morgan fingerprint density at radius 3 is 2.89 bits per heavy atom. The van der Waals surface area contributed by atoms with Crippen LogP contribution in [0.3, 0.4) is 0 Å². The number of ether oxygens (including phenoxy) is 1. The highest BCUT2D eigenvalue weighted by Crippen LogP contribution is 2.33. The topological polar surface area (TPSA) is 60.4 Å². The van der Waals surface area contributed by atoms with Crippen molar-refractivity contribution in [3.8, 4) is 0 Å². The van der Waals surface area contributed by atoms with Gasteiger partial charge in [0.1, 0.15) is 0 Å². The summed E-state index contributed by atoms with van der Waals surface area (Å²) < 4.78 is 13.4. The minimum atomic E-state index is -0.886. The van der Waals surface area contributed by atoms with Crippen molar-refractivity contribution in [1.82, 2.24) is 9.78 Å². The van der Waals surface area contributed by atoms with Crippen molar-refractivity contribution in [3.05, 3.63) is 38.9 Å². The molecule has 2 aromatic heterocycles. The van der Waals surface area contributed by atoms with Crippen molar-refractivity contribution in [3.63, 3.8) is 0 Å². The van der Waals surface area contributed by atoms with E-state index in [4.69, 9.17) is 9.15 Å². The summed E-state index contributed by atoms with van der Waals surface area (Å²) >= 11 is 6.71. The van der Waals surface area contributed by atoms with Crippen LogP contribution in [0.2, 0.25) is 0 Å². The number of hydrogen-bond acceptors (Lipinski definition) is 4. The molecule has 0 aliphatic carbocycles. The Labute approximate surface area is 121 Å². The Hall–Kier alpha value is -0.630. The van der Waals surface area contributed by atoms with Crippen LogP contribution >= 0.6 is 31.9 Å². The summed E-state index contributed by atoms with van der Waals surface area (Å²) in [5.41, 5.74) is 0.641. The molecule has 7 heteroatoms. The van der Waals surface area contributed by atoms with Gasteiger partial charge in [0.15, 0.2) is 11.9 Å². The van der Waals surface area contributed by atoms with E-state index in [1.807, 2.05) is 0 Å². The molecular formula is C11H12Br2N2O3. The predicted octanol–water partition coefficient (Wildman–Crippen LogP) is 2.73. The summed E-state index contributed by atoms with van der Waals surface area (Å²) in [4.78, 5) is 0. The molecule has 1 N–H and O–H groups in total. The van der Waals surface area contributed by atoms with Crippen LogP contribution in [0.5, 0.6) is 0 Å². The molecule has 0 radical (unpaired) electrons. The van der Waals surface area contributed by atoms with E-state index >= 15 is 0 Å². The summed E-state index contributed by atoms with van der Waals surface area (Å²) in [6.45, 7) is 1.08. The second-order valence-electron chi connectivity index (χ2n) is 3.63. The van der Waals surface area contributed by atoms with E-state index in [0.29, 0.717) is 24.6 Å². The smallest absolute Gasteiger partial charge is 0.155 e. The van der Waals surface area contributed by atoms with Gasteiger partial charge >= 0.3 is 0 Å². The normalized spacial score (nSPS) is 12.9. The van der Waals surface area contributed by atoms with E-state index in [1.165, 1.54) is 6.26 Å². The largest absolute Gasteiger partial charge is 0.465 e. The zero-order valence-electron chi connectivity index (χ0n) is 9.64. The molecule has 0 aliphatic rings. The molecule has 5 nitrogen and oxygen atoms in total. The fraction of sp³-hybridized carbons (Fsp3) is 0.364. The molecule has 98 valence electrons. The van der Waals surface area contributed by atoms with Gasteiger partial charge in [0.2, 0.25) is 0 Å². The zero-order chi connectivity index (χ0) is 13.1. The van der Waals surface area contributed by atoms with Crippen LogP contribution in [-0.4, -0.2) is 28.6 Å². The molecule has 2 aromatic rings. The lowest BCUT2D eigenvalue weighted by atomic mass is 10.2. The van der Waals surface area contributed by atoms with E-state index in [2.05, 4.69) is 37.0 Å². The highest BCUT2D eigenvalue weighted by atomic mass is 79.9. The molecule has 1 unspecified atom stereocenters. The van der Waals surface area contributed by atoms with E-state index in [-0.39, 0.29) is 0 Å². The number of rotatable bonds is 5. The molecule has 0 fully saturated rings. The van der Waals surface area contributed by atoms with Crippen LogP contribution in [0.15, 0.2) is 31.9 Å². The van der Waals surface area contributed by atoms with Crippen LogP contribution in [0, 0.1) is 0 Å². The summed E-state index contributed by atoms with van der Waals surface area (Å²) in [7, 11) is 1.62. The van der Waals surface area contributed by atoms with E-state index in [0.717, 1.165) is 8.95 Å². The van der Waals surface area contributed by atoms with Crippen LogP contribution < -0.4 is 0 Å². The lowest BCUT2D eigenvalue weighted by molar-refractivity contribution is 0.159. The molecule has 0 spiro atoms. The number of halogens is 2. The van der Waals surface area contributed by atoms with Crippen LogP contribution in [0.1, 0.15) is 17.6 Å². The van der Waals surface area contributed by atoms with Gasteiger partial charge in [-0.15, -0.1) is 0 Å². The van der Waals surface area contributed by atoms with Crippen molar-refractivity contribution in [2.75, 3.05) is 13.7 Å². The molecule has 0 bridgehead atoms. The van der Waals surface area contributed by atoms with Crippen molar-refractivity contribution >= 4 is 31.9 Å². The van der Waals surface area contributed by atoms with Gasteiger partial charge < -0.3 is 14.3 Å². The third-order valence-corrected chi connectivity index (χ3v) is 3.76. The number of aliphatic hydroxyl groups excluding tert-OH is 1. The fourth-order valence-electron chi connectivity index (χ4n) is 1.62. The van der Waals surface area contributed by atoms with Crippen molar-refractivity contribution in [2.24, 2.45) is 0 Å². The SMILES string of the molecule is COCCn1ncc(Br)c1C(O)c1occc1Br. The minimum Gasteiger partial charge on any atom is -0.465 e. The lowest BCUT2D eigenvalue weighted by Crippen LogP contribution is -2.13. The minimum absolute atomic E-state index is 0.454. The molecule has 2 heterocycles. The first-order valence-electron chi connectivity index (χ1n) is 5.26. The number of aliphatic hydroxyl groups is 1. The highest BCUT2D eigenvalue weighted by molar-refractivity contribution is 9.10. The first kappa shape index (κ1) is 13.8. The van der Waals surface area contributed by atoms with E-state index < -0.39 is 6.10 Å². The molecule has 0 saturated heterocycles. The van der Waals surface area contributed by atoms with Gasteiger partial charge in [0.05, 0.1) is 40.3 Å². The van der Waals surface area contributed by atoms with Gasteiger partial charge in [0.25, 0.3) is 0 Å². The van der Waals surface area contributed by atoms with Crippen LogP contribution in [0.4, 0.5) is 0 Å². The summed E-state index contributed by atoms with van der Waals surface area (Å²) in [6, 6.07) is 1.74. The second-order valence-corrected chi connectivity index (χ2v) is 5.34. The number of aromatic nitrogens is 2. The Morgan fingerprint density at radius 2 is 2.28 bits per heavy atom. The second kappa shape index (κ2) is 6.01. The average Bonchev–Trinajstić information content (AvgIpc) is 2.92. The molecule has 0 aliphatic heterocycles. The number of furan rings is 1. The summed E-state index contributed by atoms with van der Waals surface area (Å²) in [5, 5.41) is 14.5. The summed E-state index contributed by atoms with van der Waals surface area (Å²) in [6.07, 6.45) is 2.28. The van der Waals surface area contributed by atoms with Crippen molar-refractivity contribution < 1.29 is 14.3 Å². The molecular weight excluding hydrogens is 368 g/mol. The van der Waals surface area contributed by atoms with Gasteiger partial charge in [-0.1, -0.05) is 0 Å². The Balaban J connectivity index is 2.32. The molecule has 0 aromatic carbocycles. The third kappa shape index (κ3) is 2.69. The monoisotopic (exact) mass is 378 g/mol. The van der Waals surface area contributed by atoms with Crippen LogP contribution in [0.25, 0.3) is 0 Å². The summed E-state index contributed by atoms with van der Waals surface area (Å²) in [5.74, 6) is 0.454. The number of methoxy groups -OCH3 is 1. The van der Waals surface area contributed by atoms with Gasteiger partial charge in [-0.3, -0.25) is 4.68 Å². The predicted molar refractivity (Wildman–Crippen MR) is 72.3 cm³/mol. The number of nitrogens with zero attached hydrogens (tertiary/aromatic N) is 2. The Kier molecular flexibility index (Phi) is 4.60. The van der Waals surface area contributed by atoms with Gasteiger partial charge in [-0.05, 0) is 37.9 Å². The highest BCUT2D eigenvalue weighted by Gasteiger charge is 2.24. The Bertz CT molecular complexity index is 524. The first-order valence-corrected chi connectivity index (χ1v) is 6.84.